The zero-order valence-electron chi connectivity index (χ0n) is 6.53. The number of Topliss-reactive ketones (excluding diaryl/α,β-unsaturated/α-hetero) is 1. The highest BCUT2D eigenvalue weighted by molar-refractivity contribution is 5.89. The second kappa shape index (κ2) is 3.34. The summed E-state index contributed by atoms with van der Waals surface area (Å²) >= 11 is 0. The first kappa shape index (κ1) is 8.70. The van der Waals surface area contributed by atoms with E-state index in [4.69, 9.17) is 0 Å². The molecule has 1 fully saturated rings. The molecule has 1 saturated heterocycles. The summed E-state index contributed by atoms with van der Waals surface area (Å²) < 4.78 is 9.01. The van der Waals surface area contributed by atoms with E-state index in [1.165, 1.54) is 6.92 Å². The lowest BCUT2D eigenvalue weighted by molar-refractivity contribution is -0.185. The van der Waals surface area contributed by atoms with Crippen LogP contribution in [0.4, 0.5) is 0 Å². The number of carbonyl (C=O) groups is 3. The molecule has 5 heteroatoms. The predicted octanol–water partition coefficient (Wildman–Crippen LogP) is -0.566. The molecule has 0 amide bonds. The van der Waals surface area contributed by atoms with E-state index in [0.29, 0.717) is 0 Å². The van der Waals surface area contributed by atoms with Crippen LogP contribution >= 0.6 is 0 Å². The Labute approximate surface area is 68.6 Å². The standard InChI is InChI=1S/C7H8O5/c1-4(8)2-5-7(10)11-3-6(9)12-5/h5H,2-3H2,1H3. The first-order valence-electron chi connectivity index (χ1n) is 3.45. The Hall–Kier alpha value is -1.39. The van der Waals surface area contributed by atoms with Crippen LogP contribution in [0.2, 0.25) is 0 Å². The van der Waals surface area contributed by atoms with Gasteiger partial charge >= 0.3 is 11.9 Å². The van der Waals surface area contributed by atoms with Gasteiger partial charge in [0, 0.05) is 0 Å². The van der Waals surface area contributed by atoms with Crippen LogP contribution in [0.25, 0.3) is 0 Å². The molecule has 12 heavy (non-hydrogen) atoms. The van der Waals surface area contributed by atoms with E-state index < -0.39 is 18.0 Å². The number of ketones is 1. The largest absolute Gasteiger partial charge is 0.451 e. The lowest BCUT2D eigenvalue weighted by Crippen LogP contribution is -2.38. The molecule has 1 unspecified atom stereocenters. The fraction of sp³-hybridized carbons (Fsp3) is 0.571. The van der Waals surface area contributed by atoms with E-state index >= 15 is 0 Å². The maximum Gasteiger partial charge on any atom is 0.348 e. The highest BCUT2D eigenvalue weighted by Crippen LogP contribution is 2.08. The van der Waals surface area contributed by atoms with Gasteiger partial charge in [0.2, 0.25) is 6.10 Å². The summed E-state index contributed by atoms with van der Waals surface area (Å²) in [5.41, 5.74) is 0. The molecule has 0 saturated carbocycles. The minimum absolute atomic E-state index is 0.107. The van der Waals surface area contributed by atoms with Gasteiger partial charge in [-0.3, -0.25) is 4.79 Å². The number of rotatable bonds is 2. The fourth-order valence-electron chi connectivity index (χ4n) is 0.850. The van der Waals surface area contributed by atoms with E-state index in [9.17, 15) is 14.4 Å². The molecule has 1 rings (SSSR count). The maximum atomic E-state index is 10.8. The molecule has 0 N–H and O–H groups in total. The van der Waals surface area contributed by atoms with Crippen molar-refractivity contribution in [3.63, 3.8) is 0 Å². The SMILES string of the molecule is CC(=O)CC1OC(=O)COC1=O. The second-order valence-electron chi connectivity index (χ2n) is 2.49. The van der Waals surface area contributed by atoms with Crippen LogP contribution < -0.4 is 0 Å². The monoisotopic (exact) mass is 172 g/mol. The van der Waals surface area contributed by atoms with E-state index in [1.807, 2.05) is 0 Å². The summed E-state index contributed by atoms with van der Waals surface area (Å²) in [7, 11) is 0. The highest BCUT2D eigenvalue weighted by Gasteiger charge is 2.31. The van der Waals surface area contributed by atoms with Crippen LogP contribution in [0, 0.1) is 0 Å². The number of ether oxygens (including phenoxy) is 2. The molecule has 1 atom stereocenters. The van der Waals surface area contributed by atoms with Crippen LogP contribution in [0.5, 0.6) is 0 Å². The van der Waals surface area contributed by atoms with Crippen molar-refractivity contribution in [1.29, 1.82) is 0 Å². The third kappa shape index (κ3) is 2.05. The lowest BCUT2D eigenvalue weighted by Gasteiger charge is -2.19. The van der Waals surface area contributed by atoms with Gasteiger partial charge in [-0.1, -0.05) is 0 Å². The Morgan fingerprint density at radius 1 is 1.58 bits per heavy atom. The summed E-state index contributed by atoms with van der Waals surface area (Å²) in [6, 6.07) is 0. The topological polar surface area (TPSA) is 69.7 Å². The Balaban J connectivity index is 2.55. The normalized spacial score (nSPS) is 22.9. The van der Waals surface area contributed by atoms with Gasteiger partial charge in [-0.2, -0.15) is 0 Å². The average Bonchev–Trinajstić information content (AvgIpc) is 1.96. The van der Waals surface area contributed by atoms with Crippen molar-refractivity contribution in [2.75, 3.05) is 6.61 Å². The Bertz CT molecular complexity index is 230. The summed E-state index contributed by atoms with van der Waals surface area (Å²) in [5, 5.41) is 0. The summed E-state index contributed by atoms with van der Waals surface area (Å²) in [6.07, 6.45) is -1.14. The zero-order valence-corrected chi connectivity index (χ0v) is 6.53. The molecule has 5 nitrogen and oxygen atoms in total. The van der Waals surface area contributed by atoms with E-state index in [0.717, 1.165) is 0 Å². The summed E-state index contributed by atoms with van der Waals surface area (Å²) in [4.78, 5) is 32.0. The van der Waals surface area contributed by atoms with Crippen molar-refractivity contribution in [3.05, 3.63) is 0 Å². The van der Waals surface area contributed by atoms with Crippen molar-refractivity contribution in [2.45, 2.75) is 19.4 Å². The first-order valence-corrected chi connectivity index (χ1v) is 3.45. The van der Waals surface area contributed by atoms with Crippen LogP contribution in [0.3, 0.4) is 0 Å². The number of hydrogen-bond acceptors (Lipinski definition) is 5. The van der Waals surface area contributed by atoms with Crippen LogP contribution in [-0.2, 0) is 23.9 Å². The van der Waals surface area contributed by atoms with E-state index in [1.54, 1.807) is 0 Å². The van der Waals surface area contributed by atoms with Crippen LogP contribution in [-0.4, -0.2) is 30.4 Å². The van der Waals surface area contributed by atoms with Crippen molar-refractivity contribution in [2.24, 2.45) is 0 Å². The number of hydrogen-bond donors (Lipinski definition) is 0. The minimum Gasteiger partial charge on any atom is -0.451 e. The summed E-state index contributed by atoms with van der Waals surface area (Å²) in [5.74, 6) is -1.47. The summed E-state index contributed by atoms with van der Waals surface area (Å²) in [6.45, 7) is 0.961. The minimum atomic E-state index is -1.04. The van der Waals surface area contributed by atoms with Gasteiger partial charge in [0.25, 0.3) is 0 Å². The molecule has 1 aliphatic rings. The van der Waals surface area contributed by atoms with Crippen molar-refractivity contribution < 1.29 is 23.9 Å². The molecule has 0 aliphatic carbocycles. The molecular formula is C7H8O5. The molecule has 1 heterocycles. The number of cyclic esters (lactones) is 2. The molecule has 0 aromatic rings. The third-order valence-corrected chi connectivity index (χ3v) is 1.34. The third-order valence-electron chi connectivity index (χ3n) is 1.34. The first-order chi connectivity index (χ1) is 5.59. The van der Waals surface area contributed by atoms with Gasteiger partial charge in [-0.25, -0.2) is 9.59 Å². The Morgan fingerprint density at radius 3 is 2.83 bits per heavy atom. The predicted molar refractivity (Wildman–Crippen MR) is 36.1 cm³/mol. The maximum absolute atomic E-state index is 10.8. The molecule has 1 aliphatic heterocycles. The Kier molecular flexibility index (Phi) is 2.42. The highest BCUT2D eigenvalue weighted by atomic mass is 16.6. The van der Waals surface area contributed by atoms with Crippen LogP contribution in [0.1, 0.15) is 13.3 Å². The van der Waals surface area contributed by atoms with Gasteiger partial charge < -0.3 is 9.47 Å². The second-order valence-corrected chi connectivity index (χ2v) is 2.49. The molecule has 0 bridgehead atoms. The number of carbonyl (C=O) groups excluding carboxylic acids is 3. The molecule has 66 valence electrons. The van der Waals surface area contributed by atoms with Gasteiger partial charge in [0.1, 0.15) is 5.78 Å². The quantitative estimate of drug-likeness (QED) is 0.522. The van der Waals surface area contributed by atoms with Crippen molar-refractivity contribution in [3.8, 4) is 0 Å². The average molecular weight is 172 g/mol. The zero-order chi connectivity index (χ0) is 9.14. The van der Waals surface area contributed by atoms with Gasteiger partial charge in [0.05, 0.1) is 6.42 Å². The van der Waals surface area contributed by atoms with E-state index in [-0.39, 0.29) is 18.8 Å². The van der Waals surface area contributed by atoms with Gasteiger partial charge in [0.15, 0.2) is 6.61 Å². The fourth-order valence-corrected chi connectivity index (χ4v) is 0.850. The Morgan fingerprint density at radius 2 is 2.25 bits per heavy atom. The molecule has 0 spiro atoms. The molecule has 0 aromatic heterocycles. The van der Waals surface area contributed by atoms with Crippen molar-refractivity contribution >= 4 is 17.7 Å². The van der Waals surface area contributed by atoms with E-state index in [2.05, 4.69) is 9.47 Å². The van der Waals surface area contributed by atoms with Crippen molar-refractivity contribution in [1.82, 2.24) is 0 Å². The molecular weight excluding hydrogens is 164 g/mol. The molecule has 0 aromatic carbocycles. The molecule has 0 radical (unpaired) electrons. The van der Waals surface area contributed by atoms with Gasteiger partial charge in [-0.05, 0) is 6.92 Å². The van der Waals surface area contributed by atoms with Crippen LogP contribution in [0.15, 0.2) is 0 Å². The smallest absolute Gasteiger partial charge is 0.348 e. The van der Waals surface area contributed by atoms with Gasteiger partial charge in [-0.15, -0.1) is 0 Å². The number of esters is 2. The lowest BCUT2D eigenvalue weighted by atomic mass is 10.2.